The van der Waals surface area contributed by atoms with E-state index >= 15 is 0 Å². The van der Waals surface area contributed by atoms with Crippen LogP contribution in [0, 0.1) is 6.92 Å². The van der Waals surface area contributed by atoms with Crippen molar-refractivity contribution in [2.75, 3.05) is 19.7 Å². The van der Waals surface area contributed by atoms with Crippen LogP contribution < -0.4 is 0 Å². The highest BCUT2D eigenvalue weighted by molar-refractivity contribution is 6.06. The van der Waals surface area contributed by atoms with Crippen LogP contribution >= 0.6 is 0 Å². The van der Waals surface area contributed by atoms with Crippen LogP contribution in [-0.2, 0) is 12.0 Å². The fourth-order valence-corrected chi connectivity index (χ4v) is 4.05. The number of nitrogens with zero attached hydrogens (tertiary/aromatic N) is 4. The monoisotopic (exact) mass is 420 g/mol. The van der Waals surface area contributed by atoms with Crippen molar-refractivity contribution in [3.8, 4) is 0 Å². The average molecular weight is 421 g/mol. The van der Waals surface area contributed by atoms with Crippen LogP contribution in [0.25, 0.3) is 11.0 Å². The van der Waals surface area contributed by atoms with Gasteiger partial charge in [0.15, 0.2) is 5.65 Å². The number of hydrogen-bond donors (Lipinski definition) is 1. The van der Waals surface area contributed by atoms with Crippen LogP contribution in [0.4, 0.5) is 0 Å². The third-order valence-electron chi connectivity index (χ3n) is 5.86. The zero-order valence-electron chi connectivity index (χ0n) is 18.9. The fraction of sp³-hybridized carbons (Fsp3) is 0.480. The summed E-state index contributed by atoms with van der Waals surface area (Å²) in [6.07, 6.45) is 2.97. The van der Waals surface area contributed by atoms with Gasteiger partial charge in [-0.05, 0) is 58.6 Å². The van der Waals surface area contributed by atoms with E-state index in [2.05, 4.69) is 32.9 Å². The summed E-state index contributed by atoms with van der Waals surface area (Å²) in [6, 6.07) is 12.1. The van der Waals surface area contributed by atoms with Gasteiger partial charge in [-0.3, -0.25) is 4.79 Å². The quantitative estimate of drug-likeness (QED) is 0.626. The minimum atomic E-state index is -0.236. The number of aromatic nitrogens is 3. The Morgan fingerprint density at radius 1 is 1.19 bits per heavy atom. The van der Waals surface area contributed by atoms with Gasteiger partial charge in [0.05, 0.1) is 28.8 Å². The molecule has 1 aliphatic rings. The number of carbonyl (C=O) groups excluding carboxylic acids is 1. The van der Waals surface area contributed by atoms with E-state index in [1.165, 1.54) is 5.56 Å². The largest absolute Gasteiger partial charge is 0.395 e. The summed E-state index contributed by atoms with van der Waals surface area (Å²) >= 11 is 0. The zero-order chi connectivity index (χ0) is 22.2. The molecule has 6 nitrogen and oxygen atoms in total. The predicted molar refractivity (Wildman–Crippen MR) is 122 cm³/mol. The molecule has 0 radical (unpaired) electrons. The van der Waals surface area contributed by atoms with E-state index in [-0.39, 0.29) is 18.1 Å². The minimum Gasteiger partial charge on any atom is -0.395 e. The molecule has 2 aromatic heterocycles. The Balaban J connectivity index is 1.75. The van der Waals surface area contributed by atoms with E-state index in [0.717, 1.165) is 41.7 Å². The van der Waals surface area contributed by atoms with E-state index in [4.69, 9.17) is 10.1 Å². The first kappa shape index (κ1) is 21.5. The number of pyridine rings is 1. The number of benzene rings is 1. The van der Waals surface area contributed by atoms with Gasteiger partial charge < -0.3 is 10.0 Å². The molecule has 0 aliphatic heterocycles. The Labute approximate surface area is 183 Å². The number of amides is 1. The highest BCUT2D eigenvalue weighted by atomic mass is 16.3. The van der Waals surface area contributed by atoms with E-state index in [9.17, 15) is 9.90 Å². The molecule has 1 amide bonds. The maximum Gasteiger partial charge on any atom is 0.254 e. The fourth-order valence-electron chi connectivity index (χ4n) is 4.05. The lowest BCUT2D eigenvalue weighted by Gasteiger charge is -2.23. The van der Waals surface area contributed by atoms with Gasteiger partial charge in [-0.15, -0.1) is 0 Å². The number of aliphatic hydroxyl groups is 1. The molecule has 1 fully saturated rings. The zero-order valence-corrected chi connectivity index (χ0v) is 18.9. The van der Waals surface area contributed by atoms with Crippen molar-refractivity contribution in [2.24, 2.45) is 0 Å². The molecule has 31 heavy (non-hydrogen) atoms. The summed E-state index contributed by atoms with van der Waals surface area (Å²) in [4.78, 5) is 20.4. The Morgan fingerprint density at radius 3 is 2.52 bits per heavy atom. The number of aryl methyl sites for hydroxylation is 1. The van der Waals surface area contributed by atoms with Crippen molar-refractivity contribution in [3.05, 3.63) is 58.9 Å². The van der Waals surface area contributed by atoms with E-state index in [1.54, 1.807) is 4.90 Å². The third-order valence-corrected chi connectivity index (χ3v) is 5.86. The molecular weight excluding hydrogens is 388 g/mol. The van der Waals surface area contributed by atoms with Gasteiger partial charge in [0.1, 0.15) is 0 Å². The molecule has 2 heterocycles. The summed E-state index contributed by atoms with van der Waals surface area (Å²) in [5.41, 5.74) is 4.17. The molecule has 1 aromatic carbocycles. The number of carbonyl (C=O) groups is 1. The van der Waals surface area contributed by atoms with Crippen LogP contribution in [0.15, 0.2) is 36.4 Å². The van der Waals surface area contributed by atoms with Gasteiger partial charge in [-0.1, -0.05) is 30.3 Å². The first-order valence-corrected chi connectivity index (χ1v) is 11.1. The second-order valence-electron chi connectivity index (χ2n) is 9.49. The van der Waals surface area contributed by atoms with Crippen molar-refractivity contribution in [1.29, 1.82) is 0 Å². The Bertz CT molecular complexity index is 1080. The summed E-state index contributed by atoms with van der Waals surface area (Å²) in [7, 11) is 0. The highest BCUT2D eigenvalue weighted by Gasteiger charge is 2.31. The van der Waals surface area contributed by atoms with Crippen LogP contribution in [0.3, 0.4) is 0 Å². The number of hydrogen-bond acceptors (Lipinski definition) is 4. The molecule has 1 N–H and O–H groups in total. The first-order valence-electron chi connectivity index (χ1n) is 11.1. The molecule has 0 atom stereocenters. The molecule has 0 spiro atoms. The summed E-state index contributed by atoms with van der Waals surface area (Å²) < 4.78 is 1.95. The molecule has 3 aromatic rings. The van der Waals surface area contributed by atoms with Crippen molar-refractivity contribution in [1.82, 2.24) is 19.7 Å². The van der Waals surface area contributed by atoms with Crippen molar-refractivity contribution in [2.45, 2.75) is 58.4 Å². The van der Waals surface area contributed by atoms with Crippen molar-refractivity contribution in [3.63, 3.8) is 0 Å². The van der Waals surface area contributed by atoms with E-state index in [1.807, 2.05) is 35.9 Å². The standard InChI is InChI=1S/C25H32N4O2/c1-17-22-20(24(31)28(14-15-30)13-12-18-8-6-5-7-9-18)16-21(19-10-11-19)26-23(22)29(27-17)25(2,3)4/h5-9,16,19,30H,10-15H2,1-4H3. The molecule has 0 bridgehead atoms. The molecule has 4 rings (SSSR count). The smallest absolute Gasteiger partial charge is 0.254 e. The van der Waals surface area contributed by atoms with Gasteiger partial charge in [0.25, 0.3) is 5.91 Å². The summed E-state index contributed by atoms with van der Waals surface area (Å²) in [5.74, 6) is 0.367. The second-order valence-corrected chi connectivity index (χ2v) is 9.49. The Morgan fingerprint density at radius 2 is 1.90 bits per heavy atom. The van der Waals surface area contributed by atoms with Gasteiger partial charge in [0.2, 0.25) is 0 Å². The van der Waals surface area contributed by atoms with Gasteiger partial charge in [0, 0.05) is 24.7 Å². The van der Waals surface area contributed by atoms with Crippen LogP contribution in [0.5, 0.6) is 0 Å². The maximum absolute atomic E-state index is 13.7. The van der Waals surface area contributed by atoms with Crippen LogP contribution in [-0.4, -0.2) is 50.4 Å². The Kier molecular flexibility index (Phi) is 5.84. The van der Waals surface area contributed by atoms with Gasteiger partial charge >= 0.3 is 0 Å². The van der Waals surface area contributed by atoms with Crippen molar-refractivity contribution < 1.29 is 9.90 Å². The number of aliphatic hydroxyl groups excluding tert-OH is 1. The lowest BCUT2D eigenvalue weighted by Crippen LogP contribution is -2.35. The summed E-state index contributed by atoms with van der Waals surface area (Å²) in [6.45, 7) is 9.04. The van der Waals surface area contributed by atoms with Crippen LogP contribution in [0.2, 0.25) is 0 Å². The number of fused-ring (bicyclic) bond motifs is 1. The Hall–Kier alpha value is -2.73. The topological polar surface area (TPSA) is 71.2 Å². The first-order chi connectivity index (χ1) is 14.8. The average Bonchev–Trinajstić information content (AvgIpc) is 3.53. The molecule has 164 valence electrons. The molecule has 0 unspecified atom stereocenters. The second kappa shape index (κ2) is 8.42. The van der Waals surface area contributed by atoms with Crippen LogP contribution in [0.1, 0.15) is 66.8 Å². The molecule has 0 saturated heterocycles. The predicted octanol–water partition coefficient (Wildman–Crippen LogP) is 4.05. The molecule has 1 aliphatic carbocycles. The lowest BCUT2D eigenvalue weighted by atomic mass is 10.0. The number of rotatable bonds is 7. The molecule has 6 heteroatoms. The molecule has 1 saturated carbocycles. The van der Waals surface area contributed by atoms with E-state index < -0.39 is 0 Å². The van der Waals surface area contributed by atoms with Crippen molar-refractivity contribution >= 4 is 16.9 Å². The SMILES string of the molecule is Cc1nn(C(C)(C)C)c2nc(C3CC3)cc(C(=O)N(CCO)CCc3ccccc3)c12. The third kappa shape index (κ3) is 4.49. The molecular formula is C25H32N4O2. The highest BCUT2D eigenvalue weighted by Crippen LogP contribution is 2.41. The summed E-state index contributed by atoms with van der Waals surface area (Å²) in [5, 5.41) is 15.2. The van der Waals surface area contributed by atoms with Gasteiger partial charge in [-0.2, -0.15) is 5.10 Å². The van der Waals surface area contributed by atoms with Gasteiger partial charge in [-0.25, -0.2) is 9.67 Å². The lowest BCUT2D eigenvalue weighted by molar-refractivity contribution is 0.0725. The maximum atomic E-state index is 13.7. The normalized spacial score (nSPS) is 14.2. The van der Waals surface area contributed by atoms with E-state index in [0.29, 0.717) is 24.6 Å². The minimum absolute atomic E-state index is 0.0594.